The Labute approximate surface area is 110 Å². The van der Waals surface area contributed by atoms with Gasteiger partial charge in [0.05, 0.1) is 0 Å². The highest BCUT2D eigenvalue weighted by Gasteiger charge is 2.45. The highest BCUT2D eigenvalue weighted by atomic mass is 15.0. The lowest BCUT2D eigenvalue weighted by Gasteiger charge is -2.43. The summed E-state index contributed by atoms with van der Waals surface area (Å²) in [5, 5.41) is 3.84. The molecular formula is C16H24N2. The van der Waals surface area contributed by atoms with E-state index in [1.54, 1.807) is 0 Å². The molecule has 1 aliphatic heterocycles. The van der Waals surface area contributed by atoms with Crippen LogP contribution in [0.25, 0.3) is 0 Å². The van der Waals surface area contributed by atoms with Crippen molar-refractivity contribution in [2.24, 2.45) is 5.92 Å². The van der Waals surface area contributed by atoms with E-state index in [0.717, 1.165) is 0 Å². The largest absolute Gasteiger partial charge is 0.310 e. The molecule has 0 amide bonds. The number of nitrogens with one attached hydrogen (secondary N) is 1. The molecule has 0 saturated carbocycles. The van der Waals surface area contributed by atoms with Crippen LogP contribution in [0.5, 0.6) is 0 Å². The van der Waals surface area contributed by atoms with Crippen LogP contribution in [-0.2, 0) is 6.42 Å². The van der Waals surface area contributed by atoms with Gasteiger partial charge in [-0.1, -0.05) is 19.9 Å². The minimum Gasteiger partial charge on any atom is -0.310 e. The number of hydrogen-bond acceptors (Lipinski definition) is 2. The third-order valence-corrected chi connectivity index (χ3v) is 5.07. The van der Waals surface area contributed by atoms with Crippen molar-refractivity contribution in [3.05, 3.63) is 29.6 Å². The molecule has 2 nitrogen and oxygen atoms in total. The highest BCUT2D eigenvalue weighted by Crippen LogP contribution is 2.45. The van der Waals surface area contributed by atoms with Crippen LogP contribution in [-0.4, -0.2) is 17.1 Å². The van der Waals surface area contributed by atoms with E-state index in [0.29, 0.717) is 17.4 Å². The number of aromatic nitrogens is 1. The summed E-state index contributed by atoms with van der Waals surface area (Å²) in [5.74, 6) is 1.29. The topological polar surface area (TPSA) is 24.9 Å². The summed E-state index contributed by atoms with van der Waals surface area (Å²) in [6.07, 6.45) is 8.44. The van der Waals surface area contributed by atoms with Gasteiger partial charge in [-0.2, -0.15) is 0 Å². The fraction of sp³-hybridized carbons (Fsp3) is 0.688. The minimum atomic E-state index is 0.295. The Balaban J connectivity index is 2.02. The molecule has 0 spiro atoms. The van der Waals surface area contributed by atoms with Crippen molar-refractivity contribution in [3.8, 4) is 0 Å². The van der Waals surface area contributed by atoms with Crippen LogP contribution >= 0.6 is 0 Å². The zero-order valence-corrected chi connectivity index (χ0v) is 11.6. The van der Waals surface area contributed by atoms with Crippen LogP contribution in [0.15, 0.2) is 18.3 Å². The molecular weight excluding hydrogens is 220 g/mol. The summed E-state index contributed by atoms with van der Waals surface area (Å²) in [5.41, 5.74) is 3.16. The lowest BCUT2D eigenvalue weighted by Crippen LogP contribution is -2.51. The Morgan fingerprint density at radius 3 is 3.00 bits per heavy atom. The van der Waals surface area contributed by atoms with Crippen molar-refractivity contribution in [2.45, 2.75) is 57.4 Å². The van der Waals surface area contributed by atoms with E-state index in [-0.39, 0.29) is 0 Å². The maximum Gasteiger partial charge on any atom is 0.0484 e. The maximum atomic E-state index is 4.73. The Kier molecular flexibility index (Phi) is 3.14. The van der Waals surface area contributed by atoms with Gasteiger partial charge in [0.2, 0.25) is 0 Å². The molecule has 1 aliphatic carbocycles. The molecule has 2 aliphatic rings. The lowest BCUT2D eigenvalue weighted by molar-refractivity contribution is 0.199. The molecule has 1 saturated heterocycles. The first-order chi connectivity index (χ1) is 8.74. The summed E-state index contributed by atoms with van der Waals surface area (Å²) < 4.78 is 0. The Hall–Kier alpha value is -0.890. The molecule has 0 bridgehead atoms. The molecule has 0 radical (unpaired) electrons. The molecule has 18 heavy (non-hydrogen) atoms. The van der Waals surface area contributed by atoms with Gasteiger partial charge in [0.15, 0.2) is 0 Å². The van der Waals surface area contributed by atoms with Crippen LogP contribution in [0.3, 0.4) is 0 Å². The second kappa shape index (κ2) is 4.65. The normalized spacial score (nSPS) is 31.6. The molecule has 0 aromatic carbocycles. The van der Waals surface area contributed by atoms with Crippen molar-refractivity contribution in [2.75, 3.05) is 6.54 Å². The van der Waals surface area contributed by atoms with E-state index in [9.17, 15) is 0 Å². The molecule has 1 N–H and O–H groups in total. The predicted octanol–water partition coefficient (Wildman–Crippen LogP) is 3.28. The standard InChI is InChI=1S/C16H24N2/c1-12(2)16(9-5-11-18-16)14-8-3-6-13-7-4-10-17-15(13)14/h4,7,10,12,14,18H,3,5-6,8-9,11H2,1-2H3. The number of pyridine rings is 1. The summed E-state index contributed by atoms with van der Waals surface area (Å²) in [6.45, 7) is 5.92. The fourth-order valence-corrected chi connectivity index (χ4v) is 4.09. The molecule has 2 atom stereocenters. The SMILES string of the molecule is CC(C)C1(C2CCCc3cccnc32)CCCN1. The van der Waals surface area contributed by atoms with E-state index in [1.165, 1.54) is 49.9 Å². The van der Waals surface area contributed by atoms with Gasteiger partial charge < -0.3 is 5.32 Å². The van der Waals surface area contributed by atoms with Gasteiger partial charge in [0.1, 0.15) is 0 Å². The van der Waals surface area contributed by atoms with E-state index in [2.05, 4.69) is 31.3 Å². The number of fused-ring (bicyclic) bond motifs is 1. The summed E-state index contributed by atoms with van der Waals surface area (Å²) in [4.78, 5) is 4.73. The monoisotopic (exact) mass is 244 g/mol. The van der Waals surface area contributed by atoms with Crippen LogP contribution < -0.4 is 5.32 Å². The average Bonchev–Trinajstić information content (AvgIpc) is 2.88. The lowest BCUT2D eigenvalue weighted by atomic mass is 9.68. The summed E-state index contributed by atoms with van der Waals surface area (Å²) in [6, 6.07) is 4.36. The number of hydrogen-bond donors (Lipinski definition) is 1. The highest BCUT2D eigenvalue weighted by molar-refractivity contribution is 5.30. The van der Waals surface area contributed by atoms with Crippen molar-refractivity contribution in [3.63, 3.8) is 0 Å². The van der Waals surface area contributed by atoms with Gasteiger partial charge in [-0.05, 0) is 56.2 Å². The second-order valence-electron chi connectivity index (χ2n) is 6.22. The third kappa shape index (κ3) is 1.78. The van der Waals surface area contributed by atoms with E-state index < -0.39 is 0 Å². The van der Waals surface area contributed by atoms with Gasteiger partial charge in [0, 0.05) is 23.3 Å². The van der Waals surface area contributed by atoms with Crippen LogP contribution in [0.2, 0.25) is 0 Å². The molecule has 1 aromatic heterocycles. The van der Waals surface area contributed by atoms with Gasteiger partial charge in [0.25, 0.3) is 0 Å². The zero-order chi connectivity index (χ0) is 12.6. The molecule has 3 rings (SSSR count). The fourth-order valence-electron chi connectivity index (χ4n) is 4.09. The first kappa shape index (κ1) is 12.2. The van der Waals surface area contributed by atoms with Crippen LogP contribution in [0, 0.1) is 5.92 Å². The first-order valence-electron chi connectivity index (χ1n) is 7.43. The average molecular weight is 244 g/mol. The molecule has 1 aromatic rings. The summed E-state index contributed by atoms with van der Waals surface area (Å²) >= 11 is 0. The molecule has 2 unspecified atom stereocenters. The van der Waals surface area contributed by atoms with Crippen molar-refractivity contribution in [1.29, 1.82) is 0 Å². The predicted molar refractivity (Wildman–Crippen MR) is 74.7 cm³/mol. The molecule has 98 valence electrons. The molecule has 1 fully saturated rings. The maximum absolute atomic E-state index is 4.73. The third-order valence-electron chi connectivity index (χ3n) is 5.07. The van der Waals surface area contributed by atoms with Crippen molar-refractivity contribution >= 4 is 0 Å². The van der Waals surface area contributed by atoms with Gasteiger partial charge >= 0.3 is 0 Å². The van der Waals surface area contributed by atoms with Gasteiger partial charge in [-0.3, -0.25) is 4.98 Å². The minimum absolute atomic E-state index is 0.295. The zero-order valence-electron chi connectivity index (χ0n) is 11.6. The van der Waals surface area contributed by atoms with E-state index in [4.69, 9.17) is 4.98 Å². The molecule has 2 heteroatoms. The number of rotatable bonds is 2. The Morgan fingerprint density at radius 1 is 1.39 bits per heavy atom. The van der Waals surface area contributed by atoms with E-state index >= 15 is 0 Å². The molecule has 2 heterocycles. The van der Waals surface area contributed by atoms with E-state index in [1.807, 2.05) is 6.20 Å². The van der Waals surface area contributed by atoms with Crippen molar-refractivity contribution in [1.82, 2.24) is 10.3 Å². The Morgan fingerprint density at radius 2 is 2.28 bits per heavy atom. The first-order valence-corrected chi connectivity index (χ1v) is 7.43. The quantitative estimate of drug-likeness (QED) is 0.863. The number of nitrogens with zero attached hydrogens (tertiary/aromatic N) is 1. The van der Waals surface area contributed by atoms with Crippen molar-refractivity contribution < 1.29 is 0 Å². The second-order valence-corrected chi connectivity index (χ2v) is 6.22. The van der Waals surface area contributed by atoms with Crippen LogP contribution in [0.1, 0.15) is 56.7 Å². The summed E-state index contributed by atoms with van der Waals surface area (Å²) in [7, 11) is 0. The smallest absolute Gasteiger partial charge is 0.0484 e. The van der Waals surface area contributed by atoms with Crippen LogP contribution in [0.4, 0.5) is 0 Å². The van der Waals surface area contributed by atoms with Gasteiger partial charge in [-0.15, -0.1) is 0 Å². The van der Waals surface area contributed by atoms with Gasteiger partial charge in [-0.25, -0.2) is 0 Å². The number of aryl methyl sites for hydroxylation is 1. The Bertz CT molecular complexity index is 419.